The lowest BCUT2D eigenvalue weighted by Gasteiger charge is -2.20. The molecule has 3 aromatic carbocycles. The Morgan fingerprint density at radius 2 is 1.77 bits per heavy atom. The van der Waals surface area contributed by atoms with Gasteiger partial charge in [0.15, 0.2) is 11.5 Å². The molecule has 10 nitrogen and oxygen atoms in total. The minimum absolute atomic E-state index is 0.216. The number of nitrogens with zero attached hydrogens (tertiary/aromatic N) is 3. The number of pyridine rings is 1. The van der Waals surface area contributed by atoms with Crippen LogP contribution in [0.2, 0.25) is 0 Å². The molecule has 222 valence electrons. The molecule has 1 saturated heterocycles. The van der Waals surface area contributed by atoms with Crippen LogP contribution in [0.15, 0.2) is 72.9 Å². The summed E-state index contributed by atoms with van der Waals surface area (Å²) in [6.07, 6.45) is 3.14. The average Bonchev–Trinajstić information content (AvgIpc) is 3.58. The van der Waals surface area contributed by atoms with Gasteiger partial charge in [0.25, 0.3) is 0 Å². The number of nitro benzene ring substituents is 1. The van der Waals surface area contributed by atoms with E-state index in [1.807, 2.05) is 35.2 Å². The number of carbonyl (C=O) groups is 1. The lowest BCUT2D eigenvalue weighted by atomic mass is 10.0. The van der Waals surface area contributed by atoms with Crippen molar-refractivity contribution < 1.29 is 33.1 Å². The minimum Gasteiger partial charge on any atom is -0.493 e. The summed E-state index contributed by atoms with van der Waals surface area (Å²) in [5.74, 6) is 1.17. The molecule has 0 spiro atoms. The number of likely N-dealkylation sites (tertiary alicyclic amines) is 1. The molecule has 2 atom stereocenters. The van der Waals surface area contributed by atoms with Crippen LogP contribution in [0.4, 0.5) is 14.9 Å². The molecule has 43 heavy (non-hydrogen) atoms. The fourth-order valence-corrected chi connectivity index (χ4v) is 6.09. The van der Waals surface area contributed by atoms with Gasteiger partial charge in [0.05, 0.1) is 24.2 Å². The molecule has 11 heteroatoms. The van der Waals surface area contributed by atoms with E-state index in [1.54, 1.807) is 18.2 Å². The predicted octanol–water partition coefficient (Wildman–Crippen LogP) is 6.76. The molecular weight excluding hydrogens is 557 g/mol. The maximum atomic E-state index is 14.1. The smallest absolute Gasteiger partial charge is 0.410 e. The highest BCUT2D eigenvalue weighted by Crippen LogP contribution is 2.43. The van der Waals surface area contributed by atoms with E-state index < -0.39 is 16.4 Å². The van der Waals surface area contributed by atoms with Crippen LogP contribution < -0.4 is 14.2 Å². The summed E-state index contributed by atoms with van der Waals surface area (Å²) < 4.78 is 37.3. The topological polar surface area (TPSA) is 113 Å². The molecule has 2 aliphatic rings. The lowest BCUT2D eigenvalue weighted by molar-refractivity contribution is -0.388. The Labute approximate surface area is 247 Å². The Balaban J connectivity index is 1.08. The van der Waals surface area contributed by atoms with Crippen LogP contribution in [-0.4, -0.2) is 47.7 Å². The van der Waals surface area contributed by atoms with Crippen molar-refractivity contribution in [2.75, 3.05) is 26.8 Å². The molecule has 1 aliphatic heterocycles. The first-order valence-electron chi connectivity index (χ1n) is 14.1. The second-order valence-electron chi connectivity index (χ2n) is 10.9. The van der Waals surface area contributed by atoms with Gasteiger partial charge in [-0.25, -0.2) is 4.79 Å². The number of aromatic nitrogens is 1. The molecular formula is C32H30FN3O7. The maximum absolute atomic E-state index is 14.1. The van der Waals surface area contributed by atoms with Crippen molar-refractivity contribution in [2.24, 2.45) is 17.8 Å². The van der Waals surface area contributed by atoms with Crippen molar-refractivity contribution in [1.29, 1.82) is 0 Å². The molecule has 2 unspecified atom stereocenters. The number of fused-ring (bicyclic) bond motifs is 2. The van der Waals surface area contributed by atoms with Crippen LogP contribution in [-0.2, 0) is 11.3 Å². The summed E-state index contributed by atoms with van der Waals surface area (Å²) in [5, 5.41) is 11.9. The van der Waals surface area contributed by atoms with Gasteiger partial charge in [-0.1, -0.05) is 36.4 Å². The molecule has 0 radical (unpaired) electrons. The highest BCUT2D eigenvalue weighted by atomic mass is 19.1. The standard InChI is InChI=1S/C32H30FN3O7/c1-40-29-14-24-26(34-11-10-27(24)43-28-9-5-8-25(33)31(28)36(38)39)15-30(29)41-19-21-12-22-16-35(17-23(22)13-21)32(37)42-18-20-6-3-2-4-7-20/h2-11,14-15,21-23H,12-13,16-19H2,1H3. The third-order valence-electron chi connectivity index (χ3n) is 8.13. The number of ether oxygens (including phenoxy) is 4. The summed E-state index contributed by atoms with van der Waals surface area (Å²) in [4.78, 5) is 29.4. The molecule has 1 aromatic heterocycles. The first-order valence-corrected chi connectivity index (χ1v) is 14.1. The van der Waals surface area contributed by atoms with Crippen molar-refractivity contribution in [3.63, 3.8) is 0 Å². The Morgan fingerprint density at radius 3 is 2.49 bits per heavy atom. The number of amides is 1. The molecule has 1 aliphatic carbocycles. The maximum Gasteiger partial charge on any atom is 0.410 e. The quantitative estimate of drug-likeness (QED) is 0.156. The molecule has 1 saturated carbocycles. The van der Waals surface area contributed by atoms with Gasteiger partial charge in [-0.05, 0) is 60.4 Å². The normalized spacial score (nSPS) is 19.2. The van der Waals surface area contributed by atoms with Crippen molar-refractivity contribution in [2.45, 2.75) is 19.4 Å². The summed E-state index contributed by atoms with van der Waals surface area (Å²) in [5.41, 5.74) is 0.749. The van der Waals surface area contributed by atoms with Crippen LogP contribution in [0.5, 0.6) is 23.0 Å². The van der Waals surface area contributed by atoms with Gasteiger partial charge in [0.1, 0.15) is 12.4 Å². The summed E-state index contributed by atoms with van der Waals surface area (Å²) in [6, 6.07) is 18.3. The molecule has 2 heterocycles. The number of para-hydroxylation sites is 1. The van der Waals surface area contributed by atoms with Gasteiger partial charge in [-0.3, -0.25) is 15.1 Å². The number of benzene rings is 3. The summed E-state index contributed by atoms with van der Waals surface area (Å²) in [6.45, 7) is 2.12. The largest absolute Gasteiger partial charge is 0.493 e. The number of nitro groups is 1. The van der Waals surface area contributed by atoms with Crippen molar-refractivity contribution >= 4 is 22.7 Å². The summed E-state index contributed by atoms with van der Waals surface area (Å²) in [7, 11) is 1.52. The Bertz CT molecular complexity index is 1640. The Kier molecular flexibility index (Phi) is 7.95. The highest BCUT2D eigenvalue weighted by molar-refractivity contribution is 5.88. The fourth-order valence-electron chi connectivity index (χ4n) is 6.09. The number of carbonyl (C=O) groups excluding carboxylic acids is 1. The van der Waals surface area contributed by atoms with Gasteiger partial charge in [0, 0.05) is 30.7 Å². The number of rotatable bonds is 9. The fraction of sp³-hybridized carbons (Fsp3) is 0.312. The van der Waals surface area contributed by atoms with Crippen LogP contribution in [0.1, 0.15) is 18.4 Å². The monoisotopic (exact) mass is 587 g/mol. The number of hydrogen-bond donors (Lipinski definition) is 0. The molecule has 1 amide bonds. The lowest BCUT2D eigenvalue weighted by Crippen LogP contribution is -2.30. The highest BCUT2D eigenvalue weighted by Gasteiger charge is 2.43. The van der Waals surface area contributed by atoms with E-state index >= 15 is 0 Å². The van der Waals surface area contributed by atoms with E-state index in [0.29, 0.717) is 59.9 Å². The van der Waals surface area contributed by atoms with Gasteiger partial charge >= 0.3 is 11.8 Å². The number of methoxy groups -OCH3 is 1. The molecule has 2 fully saturated rings. The Hall–Kier alpha value is -4.93. The SMILES string of the molecule is COc1cc2c(Oc3cccc(F)c3[N+](=O)[O-])ccnc2cc1OCC1CC2CN(C(=O)OCc3ccccc3)CC2C1. The van der Waals surface area contributed by atoms with Gasteiger partial charge in [-0.15, -0.1) is 0 Å². The van der Waals surface area contributed by atoms with E-state index in [4.69, 9.17) is 18.9 Å². The zero-order valence-electron chi connectivity index (χ0n) is 23.5. The second-order valence-corrected chi connectivity index (χ2v) is 10.9. The van der Waals surface area contributed by atoms with Crippen LogP contribution in [0, 0.1) is 33.7 Å². The Morgan fingerprint density at radius 1 is 1.00 bits per heavy atom. The molecule has 4 aromatic rings. The average molecular weight is 588 g/mol. The molecule has 6 rings (SSSR count). The zero-order valence-corrected chi connectivity index (χ0v) is 23.5. The van der Waals surface area contributed by atoms with E-state index in [-0.39, 0.29) is 24.2 Å². The first kappa shape index (κ1) is 28.2. The second kappa shape index (κ2) is 12.1. The van der Waals surface area contributed by atoms with Gasteiger partial charge in [0.2, 0.25) is 11.6 Å². The number of hydrogen-bond acceptors (Lipinski definition) is 8. The van der Waals surface area contributed by atoms with Gasteiger partial charge < -0.3 is 23.8 Å². The van der Waals surface area contributed by atoms with E-state index in [9.17, 15) is 19.3 Å². The first-order chi connectivity index (χ1) is 20.9. The van der Waals surface area contributed by atoms with Crippen LogP contribution in [0.25, 0.3) is 10.9 Å². The van der Waals surface area contributed by atoms with Crippen molar-refractivity contribution in [3.8, 4) is 23.0 Å². The third-order valence-corrected chi connectivity index (χ3v) is 8.13. The predicted molar refractivity (Wildman–Crippen MR) is 155 cm³/mol. The summed E-state index contributed by atoms with van der Waals surface area (Å²) >= 11 is 0. The third kappa shape index (κ3) is 6.01. The van der Waals surface area contributed by atoms with Crippen LogP contribution >= 0.6 is 0 Å². The van der Waals surface area contributed by atoms with Crippen molar-refractivity contribution in [3.05, 3.63) is 94.4 Å². The van der Waals surface area contributed by atoms with Gasteiger partial charge in [-0.2, -0.15) is 4.39 Å². The number of halogens is 1. The van der Waals surface area contributed by atoms with Crippen molar-refractivity contribution in [1.82, 2.24) is 9.88 Å². The zero-order chi connectivity index (χ0) is 29.9. The molecule has 0 N–H and O–H groups in total. The van der Waals surface area contributed by atoms with Crippen LogP contribution in [0.3, 0.4) is 0 Å². The minimum atomic E-state index is -0.985. The van der Waals surface area contributed by atoms with E-state index in [2.05, 4.69) is 4.98 Å². The van der Waals surface area contributed by atoms with E-state index in [1.165, 1.54) is 25.4 Å². The van der Waals surface area contributed by atoms with E-state index in [0.717, 1.165) is 24.5 Å². The molecule has 0 bridgehead atoms.